The van der Waals surface area contributed by atoms with E-state index in [4.69, 9.17) is 9.56 Å². The van der Waals surface area contributed by atoms with E-state index in [0.717, 1.165) is 17.4 Å². The molecular weight excluding hydrogens is 544 g/mol. The summed E-state index contributed by atoms with van der Waals surface area (Å²) in [6, 6.07) is 7.74. The molecule has 0 bridgehead atoms. The van der Waals surface area contributed by atoms with E-state index in [2.05, 4.69) is 15.2 Å². The van der Waals surface area contributed by atoms with Crippen LogP contribution in [0.2, 0.25) is 0 Å². The predicted octanol–water partition coefficient (Wildman–Crippen LogP) is 2.30. The highest BCUT2D eigenvalue weighted by Crippen LogP contribution is 2.31. The first-order valence-electron chi connectivity index (χ1n) is 9.99. The Bertz CT molecular complexity index is 1600. The maximum atomic E-state index is 14.8. The third-order valence-electron chi connectivity index (χ3n) is 4.66. The zero-order valence-corrected chi connectivity index (χ0v) is 19.8. The van der Waals surface area contributed by atoms with Crippen LogP contribution in [0.1, 0.15) is 31.9 Å². The third-order valence-corrected chi connectivity index (χ3v) is 6.23. The summed E-state index contributed by atoms with van der Waals surface area (Å²) in [6.45, 7) is -1.92. The number of amides is 1. The number of nitrogens with two attached hydrogens (primary N) is 1. The highest BCUT2D eigenvalue weighted by Gasteiger charge is 2.28. The van der Waals surface area contributed by atoms with E-state index in [-0.39, 0.29) is 27.5 Å². The molecule has 2 aromatic carbocycles. The lowest BCUT2D eigenvalue weighted by Crippen LogP contribution is -2.33. The van der Waals surface area contributed by atoms with Crippen molar-refractivity contribution in [2.24, 2.45) is 5.14 Å². The molecule has 0 aliphatic carbocycles. The van der Waals surface area contributed by atoms with Gasteiger partial charge in [0.15, 0.2) is 5.01 Å². The van der Waals surface area contributed by atoms with Crippen LogP contribution < -0.4 is 15.2 Å². The summed E-state index contributed by atoms with van der Waals surface area (Å²) in [5.41, 5.74) is 0.603. The van der Waals surface area contributed by atoms with Gasteiger partial charge < -0.3 is 9.73 Å². The zero-order chi connectivity index (χ0) is 27.0. The first-order valence-corrected chi connectivity index (χ1v) is 12.4. The van der Waals surface area contributed by atoms with E-state index >= 15 is 0 Å². The third kappa shape index (κ3) is 6.50. The van der Waals surface area contributed by atoms with Gasteiger partial charge in [0.25, 0.3) is 27.8 Å². The number of ketones is 1. The molecule has 37 heavy (non-hydrogen) atoms. The molecule has 4 N–H and O–H groups in total. The van der Waals surface area contributed by atoms with Crippen molar-refractivity contribution in [2.45, 2.75) is 12.7 Å². The number of nitrogens with one attached hydrogen (secondary N) is 2. The zero-order valence-electron chi connectivity index (χ0n) is 18.2. The number of benzene rings is 2. The van der Waals surface area contributed by atoms with Gasteiger partial charge in [0.05, 0.1) is 16.8 Å². The van der Waals surface area contributed by atoms with Crippen molar-refractivity contribution in [1.82, 2.24) is 25.2 Å². The Balaban J connectivity index is 1.54. The Kier molecular flexibility index (Phi) is 7.05. The summed E-state index contributed by atoms with van der Waals surface area (Å²) in [6.07, 6.45) is -4.56. The van der Waals surface area contributed by atoms with Crippen LogP contribution >= 0.6 is 11.3 Å². The number of nitrogens with zero attached hydrogens (tertiary/aromatic N) is 3. The molecular formula is C20H14F4N6O5S2. The summed E-state index contributed by atoms with van der Waals surface area (Å²) in [5, 5.41) is 13.5. The minimum atomic E-state index is -4.56. The molecule has 0 unspecified atom stereocenters. The summed E-state index contributed by atoms with van der Waals surface area (Å²) in [4.78, 5) is 28.7. The smallest absolute Gasteiger partial charge is 0.405 e. The van der Waals surface area contributed by atoms with Crippen LogP contribution in [0.25, 0.3) is 21.3 Å². The number of hydrogen-bond acceptors (Lipinski definition) is 9. The second kappa shape index (κ2) is 9.92. The molecule has 1 amide bonds. The lowest BCUT2D eigenvalue weighted by molar-refractivity contribution is -0.123. The fraction of sp³-hybridized carbons (Fsp3) is 0.150. The molecule has 0 aliphatic rings. The van der Waals surface area contributed by atoms with E-state index in [1.54, 1.807) is 5.32 Å². The van der Waals surface area contributed by atoms with Crippen molar-refractivity contribution >= 4 is 43.5 Å². The van der Waals surface area contributed by atoms with Gasteiger partial charge in [0.1, 0.15) is 12.4 Å². The molecule has 2 aromatic heterocycles. The molecule has 17 heteroatoms. The number of alkyl halides is 3. The Labute approximate surface area is 208 Å². The normalized spacial score (nSPS) is 12.1. The highest BCUT2D eigenvalue weighted by molar-refractivity contribution is 7.87. The van der Waals surface area contributed by atoms with Gasteiger partial charge in [-0.2, -0.15) is 26.3 Å². The van der Waals surface area contributed by atoms with E-state index in [0.29, 0.717) is 10.3 Å². The molecule has 11 nitrogen and oxygen atoms in total. The number of thiazole rings is 1. The van der Waals surface area contributed by atoms with Crippen LogP contribution in [0.4, 0.5) is 17.6 Å². The molecule has 4 rings (SSSR count). The summed E-state index contributed by atoms with van der Waals surface area (Å²) < 4.78 is 80.9. The van der Waals surface area contributed by atoms with Crippen LogP contribution in [0.15, 0.2) is 40.8 Å². The molecule has 0 fully saturated rings. The Morgan fingerprint density at radius 2 is 1.81 bits per heavy atom. The van der Waals surface area contributed by atoms with Crippen LogP contribution in [-0.4, -0.2) is 48.0 Å². The number of rotatable bonds is 8. The average Bonchev–Trinajstić information content (AvgIpc) is 3.46. The molecule has 2 heterocycles. The van der Waals surface area contributed by atoms with Gasteiger partial charge in [-0.25, -0.2) is 14.5 Å². The number of fused-ring (bicyclic) bond motifs is 1. The van der Waals surface area contributed by atoms with E-state index in [1.807, 2.05) is 4.72 Å². The molecule has 0 radical (unpaired) electrons. The molecule has 0 aliphatic heterocycles. The van der Waals surface area contributed by atoms with Gasteiger partial charge >= 0.3 is 6.18 Å². The Morgan fingerprint density at radius 1 is 1.11 bits per heavy atom. The standard InChI is InChI=1S/C20H14F4N6O5S2/c21-12-6-14-13(5-11(12)9-1-3-10(4-2-9)17(32)26-8-20(22,23)24)28-19(36-14)16(31)18-30-29-15(35-18)7-27-37(25,33)34/h1-6,27H,7-8H2,(H,26,32)(H2,25,33,34). The Hall–Kier alpha value is -3.80. The summed E-state index contributed by atoms with van der Waals surface area (Å²) >= 11 is 0.854. The fourth-order valence-corrected chi connectivity index (χ4v) is 4.25. The van der Waals surface area contributed by atoms with E-state index in [9.17, 15) is 35.6 Å². The second-order valence-corrected chi connectivity index (χ2v) is 9.80. The largest absolute Gasteiger partial charge is 0.417 e. The van der Waals surface area contributed by atoms with Crippen molar-refractivity contribution < 1.29 is 40.0 Å². The predicted molar refractivity (Wildman–Crippen MR) is 121 cm³/mol. The second-order valence-electron chi connectivity index (χ2n) is 7.39. The van der Waals surface area contributed by atoms with Crippen molar-refractivity contribution in [1.29, 1.82) is 0 Å². The number of aromatic nitrogens is 3. The average molecular weight is 558 g/mol. The van der Waals surface area contributed by atoms with Gasteiger partial charge in [-0.3, -0.25) is 9.59 Å². The lowest BCUT2D eigenvalue weighted by Gasteiger charge is -2.09. The van der Waals surface area contributed by atoms with Gasteiger partial charge in [0.2, 0.25) is 5.89 Å². The molecule has 0 saturated heterocycles. The van der Waals surface area contributed by atoms with Crippen LogP contribution in [0.3, 0.4) is 0 Å². The van der Waals surface area contributed by atoms with Gasteiger partial charge in [0, 0.05) is 11.1 Å². The van der Waals surface area contributed by atoms with Gasteiger partial charge in [-0.05, 0) is 29.8 Å². The number of hydrogen-bond donors (Lipinski definition) is 3. The van der Waals surface area contributed by atoms with Gasteiger partial charge in [-0.15, -0.1) is 21.5 Å². The van der Waals surface area contributed by atoms with Crippen molar-refractivity contribution in [3.63, 3.8) is 0 Å². The first kappa shape index (κ1) is 26.3. The van der Waals surface area contributed by atoms with Crippen LogP contribution in [0.5, 0.6) is 0 Å². The maximum absolute atomic E-state index is 14.8. The molecule has 194 valence electrons. The van der Waals surface area contributed by atoms with Crippen LogP contribution in [0, 0.1) is 5.82 Å². The summed E-state index contributed by atoms with van der Waals surface area (Å²) in [5.74, 6) is -3.06. The SMILES string of the molecule is NS(=O)(=O)NCc1nnc(C(=O)c2nc3cc(-c4ccc(C(=O)NCC(F)(F)F)cc4)c(F)cc3s2)o1. The highest BCUT2D eigenvalue weighted by atomic mass is 32.2. The first-order chi connectivity index (χ1) is 17.3. The number of carbonyl (C=O) groups excluding carboxylic acids is 2. The van der Waals surface area contributed by atoms with Gasteiger partial charge in [-0.1, -0.05) is 12.1 Å². The molecule has 4 aromatic rings. The minimum Gasteiger partial charge on any atom is -0.417 e. The topological polar surface area (TPSA) is 170 Å². The van der Waals surface area contributed by atoms with Crippen molar-refractivity contribution in [3.05, 3.63) is 64.6 Å². The monoisotopic (exact) mass is 558 g/mol. The lowest BCUT2D eigenvalue weighted by atomic mass is 10.0. The molecule has 0 atom stereocenters. The quantitative estimate of drug-likeness (QED) is 0.218. The molecule has 0 saturated carbocycles. The van der Waals surface area contributed by atoms with Crippen LogP contribution in [-0.2, 0) is 16.8 Å². The summed E-state index contributed by atoms with van der Waals surface area (Å²) in [7, 11) is -4.02. The van der Waals surface area contributed by atoms with Crippen molar-refractivity contribution in [3.8, 4) is 11.1 Å². The molecule has 0 spiro atoms. The fourth-order valence-electron chi connectivity index (χ4n) is 3.02. The van der Waals surface area contributed by atoms with E-state index < -0.39 is 52.9 Å². The maximum Gasteiger partial charge on any atom is 0.405 e. The van der Waals surface area contributed by atoms with Crippen molar-refractivity contribution in [2.75, 3.05) is 6.54 Å². The number of carbonyl (C=O) groups is 2. The minimum absolute atomic E-state index is 0.0470. The number of halogens is 4. The Morgan fingerprint density at radius 3 is 2.46 bits per heavy atom. The van der Waals surface area contributed by atoms with E-state index in [1.165, 1.54) is 30.3 Å².